The number of thiophene rings is 1. The van der Waals surface area contributed by atoms with Gasteiger partial charge in [0.15, 0.2) is 0 Å². The summed E-state index contributed by atoms with van der Waals surface area (Å²) in [5, 5.41) is 3.31. The van der Waals surface area contributed by atoms with Gasteiger partial charge in [-0.1, -0.05) is 13.8 Å². The van der Waals surface area contributed by atoms with E-state index in [1.807, 2.05) is 6.07 Å². The number of ether oxygens (including phenoxy) is 1. The van der Waals surface area contributed by atoms with Crippen molar-refractivity contribution in [2.75, 3.05) is 26.8 Å². The standard InChI is InChI=1S/C14H24N2O3S2/c1-11(2)15-8-13-4-5-14(20-13)21(17,18)16-7-6-12(9-16)10-19-3/h4-5,11-12,15H,6-10H2,1-3H3. The summed E-state index contributed by atoms with van der Waals surface area (Å²) in [5.41, 5.74) is 0. The molecule has 1 aromatic heterocycles. The van der Waals surface area contributed by atoms with E-state index in [4.69, 9.17) is 4.74 Å². The first-order valence-electron chi connectivity index (χ1n) is 7.24. The van der Waals surface area contributed by atoms with Crippen molar-refractivity contribution in [1.82, 2.24) is 9.62 Å². The smallest absolute Gasteiger partial charge is 0.252 e. The minimum absolute atomic E-state index is 0.312. The molecule has 1 saturated heterocycles. The summed E-state index contributed by atoms with van der Waals surface area (Å²) in [6, 6.07) is 4.01. The molecule has 0 radical (unpaired) electrons. The van der Waals surface area contributed by atoms with E-state index < -0.39 is 10.0 Å². The summed E-state index contributed by atoms with van der Waals surface area (Å²) in [5.74, 6) is 0.312. The third-order valence-electron chi connectivity index (χ3n) is 3.57. The molecule has 1 unspecified atom stereocenters. The molecule has 1 N–H and O–H groups in total. The normalized spacial score (nSPS) is 20.5. The average Bonchev–Trinajstić information content (AvgIpc) is 3.06. The first kappa shape index (κ1) is 16.9. The molecule has 0 spiro atoms. The van der Waals surface area contributed by atoms with Crippen LogP contribution in [0.15, 0.2) is 16.3 Å². The van der Waals surface area contributed by atoms with Crippen molar-refractivity contribution in [2.45, 2.75) is 37.1 Å². The lowest BCUT2D eigenvalue weighted by atomic mass is 10.1. The summed E-state index contributed by atoms with van der Waals surface area (Å²) in [6.07, 6.45) is 0.875. The molecule has 0 bridgehead atoms. The van der Waals surface area contributed by atoms with Crippen LogP contribution < -0.4 is 5.32 Å². The molecule has 120 valence electrons. The Balaban J connectivity index is 2.03. The van der Waals surface area contributed by atoms with Crippen molar-refractivity contribution in [1.29, 1.82) is 0 Å². The summed E-state index contributed by atoms with van der Waals surface area (Å²) >= 11 is 1.36. The van der Waals surface area contributed by atoms with Crippen LogP contribution in [0.5, 0.6) is 0 Å². The Morgan fingerprint density at radius 1 is 1.48 bits per heavy atom. The second-order valence-corrected chi connectivity index (χ2v) is 9.06. The lowest BCUT2D eigenvalue weighted by molar-refractivity contribution is 0.157. The van der Waals surface area contributed by atoms with Crippen LogP contribution in [-0.2, 0) is 21.3 Å². The predicted molar refractivity (Wildman–Crippen MR) is 85.0 cm³/mol. The van der Waals surface area contributed by atoms with Crippen LogP contribution in [0, 0.1) is 5.92 Å². The van der Waals surface area contributed by atoms with Crippen molar-refractivity contribution in [3.05, 3.63) is 17.0 Å². The number of methoxy groups -OCH3 is 1. The minimum atomic E-state index is -3.34. The zero-order valence-corrected chi connectivity index (χ0v) is 14.5. The maximum atomic E-state index is 12.6. The Kier molecular flexibility index (Phi) is 5.79. The molecule has 0 amide bonds. The zero-order chi connectivity index (χ0) is 15.5. The molecular weight excluding hydrogens is 308 g/mol. The van der Waals surface area contributed by atoms with Gasteiger partial charge in [0.1, 0.15) is 4.21 Å². The largest absolute Gasteiger partial charge is 0.384 e. The molecule has 1 aromatic rings. The molecule has 1 aliphatic rings. The predicted octanol–water partition coefficient (Wildman–Crippen LogP) is 1.90. The SMILES string of the molecule is COCC1CCN(S(=O)(=O)c2ccc(CNC(C)C)s2)C1. The fourth-order valence-corrected chi connectivity index (χ4v) is 5.40. The van der Waals surface area contributed by atoms with E-state index >= 15 is 0 Å². The van der Waals surface area contributed by atoms with Gasteiger partial charge in [-0.15, -0.1) is 11.3 Å². The van der Waals surface area contributed by atoms with Crippen LogP contribution >= 0.6 is 11.3 Å². The van der Waals surface area contributed by atoms with Crippen molar-refractivity contribution in [3.63, 3.8) is 0 Å². The van der Waals surface area contributed by atoms with Crippen LogP contribution in [0.3, 0.4) is 0 Å². The lowest BCUT2D eigenvalue weighted by Gasteiger charge is -2.15. The maximum Gasteiger partial charge on any atom is 0.252 e. The summed E-state index contributed by atoms with van der Waals surface area (Å²) < 4.78 is 32.4. The molecule has 21 heavy (non-hydrogen) atoms. The van der Waals surface area contributed by atoms with Gasteiger partial charge in [0.25, 0.3) is 10.0 Å². The second kappa shape index (κ2) is 7.19. The minimum Gasteiger partial charge on any atom is -0.384 e. The quantitative estimate of drug-likeness (QED) is 0.828. The first-order valence-corrected chi connectivity index (χ1v) is 9.50. The molecule has 1 fully saturated rings. The molecular formula is C14H24N2O3S2. The number of nitrogens with zero attached hydrogens (tertiary/aromatic N) is 1. The number of hydrogen-bond acceptors (Lipinski definition) is 5. The summed E-state index contributed by atoms with van der Waals surface area (Å²) in [7, 11) is -1.68. The van der Waals surface area contributed by atoms with Crippen LogP contribution in [0.4, 0.5) is 0 Å². The molecule has 2 heterocycles. The first-order chi connectivity index (χ1) is 9.93. The van der Waals surface area contributed by atoms with Crippen molar-refractivity contribution in [2.24, 2.45) is 5.92 Å². The molecule has 0 saturated carbocycles. The fourth-order valence-electron chi connectivity index (χ4n) is 2.41. The van der Waals surface area contributed by atoms with E-state index in [1.54, 1.807) is 17.5 Å². The molecule has 2 rings (SSSR count). The maximum absolute atomic E-state index is 12.6. The Hall–Kier alpha value is -0.470. The fraction of sp³-hybridized carbons (Fsp3) is 0.714. The third kappa shape index (κ3) is 4.26. The van der Waals surface area contributed by atoms with Gasteiger partial charge in [-0.25, -0.2) is 8.42 Å². The van der Waals surface area contributed by atoms with Gasteiger partial charge < -0.3 is 10.1 Å². The van der Waals surface area contributed by atoms with E-state index in [-0.39, 0.29) is 0 Å². The molecule has 0 aliphatic carbocycles. The van der Waals surface area contributed by atoms with E-state index in [0.717, 1.165) is 11.3 Å². The lowest BCUT2D eigenvalue weighted by Crippen LogP contribution is -2.28. The van der Waals surface area contributed by atoms with Crippen LogP contribution in [0.2, 0.25) is 0 Å². The Bertz CT molecular complexity index is 554. The topological polar surface area (TPSA) is 58.6 Å². The van der Waals surface area contributed by atoms with Crippen molar-refractivity contribution >= 4 is 21.4 Å². The number of hydrogen-bond donors (Lipinski definition) is 1. The highest BCUT2D eigenvalue weighted by Gasteiger charge is 2.33. The zero-order valence-electron chi connectivity index (χ0n) is 12.8. The van der Waals surface area contributed by atoms with Gasteiger partial charge in [-0.2, -0.15) is 4.31 Å². The van der Waals surface area contributed by atoms with Crippen molar-refractivity contribution in [3.8, 4) is 0 Å². The van der Waals surface area contributed by atoms with Gasteiger partial charge in [0.2, 0.25) is 0 Å². The van der Waals surface area contributed by atoms with Gasteiger partial charge in [-0.3, -0.25) is 0 Å². The highest BCUT2D eigenvalue weighted by atomic mass is 32.2. The molecule has 0 aromatic carbocycles. The van der Waals surface area contributed by atoms with E-state index in [0.29, 0.717) is 42.4 Å². The van der Waals surface area contributed by atoms with Crippen LogP contribution in [0.25, 0.3) is 0 Å². The van der Waals surface area contributed by atoms with Gasteiger partial charge in [-0.05, 0) is 24.5 Å². The van der Waals surface area contributed by atoms with E-state index in [9.17, 15) is 8.42 Å². The Morgan fingerprint density at radius 3 is 2.90 bits per heavy atom. The van der Waals surface area contributed by atoms with Crippen LogP contribution in [0.1, 0.15) is 25.1 Å². The summed E-state index contributed by atoms with van der Waals surface area (Å²) in [6.45, 7) is 6.64. The summed E-state index contributed by atoms with van der Waals surface area (Å²) in [4.78, 5) is 1.05. The number of sulfonamides is 1. The highest BCUT2D eigenvalue weighted by Crippen LogP contribution is 2.29. The van der Waals surface area contributed by atoms with Crippen molar-refractivity contribution < 1.29 is 13.2 Å². The molecule has 7 heteroatoms. The van der Waals surface area contributed by atoms with E-state index in [2.05, 4.69) is 19.2 Å². The van der Waals surface area contributed by atoms with Crippen LogP contribution in [-0.4, -0.2) is 45.6 Å². The van der Waals surface area contributed by atoms with Gasteiger partial charge in [0.05, 0.1) is 6.61 Å². The highest BCUT2D eigenvalue weighted by molar-refractivity contribution is 7.91. The Morgan fingerprint density at radius 2 is 2.24 bits per heavy atom. The third-order valence-corrected chi connectivity index (χ3v) is 6.98. The molecule has 1 aliphatic heterocycles. The molecule has 1 atom stereocenters. The monoisotopic (exact) mass is 332 g/mol. The molecule has 5 nitrogen and oxygen atoms in total. The number of rotatable bonds is 7. The average molecular weight is 332 g/mol. The second-order valence-electron chi connectivity index (χ2n) is 5.73. The van der Waals surface area contributed by atoms with Gasteiger partial charge >= 0.3 is 0 Å². The van der Waals surface area contributed by atoms with Gasteiger partial charge in [0, 0.05) is 37.7 Å². The number of nitrogens with one attached hydrogen (secondary N) is 1. The van der Waals surface area contributed by atoms with E-state index in [1.165, 1.54) is 11.3 Å². The Labute approximate surface area is 131 Å².